The highest BCUT2D eigenvalue weighted by molar-refractivity contribution is 6.32. The zero-order valence-electron chi connectivity index (χ0n) is 28.4. The molecular formula is C33H34ClF5N10O3. The number of ether oxygens (including phenoxy) is 1. The lowest BCUT2D eigenvalue weighted by atomic mass is 9.75. The van der Waals surface area contributed by atoms with Crippen LogP contribution in [0.2, 0.25) is 5.02 Å². The molecule has 2 N–H and O–H groups in total. The van der Waals surface area contributed by atoms with Gasteiger partial charge in [-0.05, 0) is 77.4 Å². The van der Waals surface area contributed by atoms with E-state index in [4.69, 9.17) is 22.1 Å². The second-order valence-corrected chi connectivity index (χ2v) is 14.7. The van der Waals surface area contributed by atoms with E-state index in [9.17, 15) is 27.2 Å². The van der Waals surface area contributed by atoms with Gasteiger partial charge in [-0.3, -0.25) is 14.5 Å². The summed E-state index contributed by atoms with van der Waals surface area (Å²) >= 11 is 6.43. The molecule has 0 spiro atoms. The summed E-state index contributed by atoms with van der Waals surface area (Å²) in [5.41, 5.74) is 2.87. The van der Waals surface area contributed by atoms with Crippen LogP contribution in [0.25, 0.3) is 11.4 Å². The number of nitrogens with zero attached hydrogens (tertiary/aromatic N) is 9. The number of aromatic nitrogens is 7. The normalized spacial score (nSPS) is 19.2. The third-order valence-electron chi connectivity index (χ3n) is 9.27. The van der Waals surface area contributed by atoms with E-state index in [0.717, 1.165) is 33.6 Å². The first-order chi connectivity index (χ1) is 24.4. The van der Waals surface area contributed by atoms with Crippen LogP contribution in [0.1, 0.15) is 82.8 Å². The third-order valence-corrected chi connectivity index (χ3v) is 9.59. The Morgan fingerprint density at radius 3 is 2.42 bits per heavy atom. The summed E-state index contributed by atoms with van der Waals surface area (Å²) in [5.74, 6) is -6.62. The van der Waals surface area contributed by atoms with E-state index < -0.39 is 71.3 Å². The highest BCUT2D eigenvalue weighted by Crippen LogP contribution is 2.59. The zero-order valence-corrected chi connectivity index (χ0v) is 29.2. The molecule has 19 heteroatoms. The van der Waals surface area contributed by atoms with Crippen molar-refractivity contribution in [1.29, 1.82) is 0 Å². The lowest BCUT2D eigenvalue weighted by molar-refractivity contribution is -0.153. The molecule has 52 heavy (non-hydrogen) atoms. The Morgan fingerprint density at radius 2 is 1.83 bits per heavy atom. The molecule has 1 fully saturated rings. The van der Waals surface area contributed by atoms with Crippen LogP contribution in [0, 0.1) is 16.6 Å². The Morgan fingerprint density at radius 1 is 1.10 bits per heavy atom. The Balaban J connectivity index is 1.43. The van der Waals surface area contributed by atoms with E-state index in [1.807, 2.05) is 20.8 Å². The van der Waals surface area contributed by atoms with Crippen LogP contribution < -0.4 is 5.73 Å². The van der Waals surface area contributed by atoms with Gasteiger partial charge >= 0.3 is 5.97 Å². The Hall–Kier alpha value is -5.00. The topological polar surface area (TPSA) is 159 Å². The van der Waals surface area contributed by atoms with Gasteiger partial charge in [-0.2, -0.15) is 9.78 Å². The molecule has 0 bridgehead atoms. The van der Waals surface area contributed by atoms with Gasteiger partial charge in [0.15, 0.2) is 17.3 Å². The number of guanidine groups is 1. The summed E-state index contributed by atoms with van der Waals surface area (Å²) in [7, 11) is 0. The molecule has 276 valence electrons. The first kappa shape index (κ1) is 36.8. The number of carbonyl (C=O) groups excluding carboxylic acids is 2. The molecule has 1 saturated carbocycles. The van der Waals surface area contributed by atoms with Crippen molar-refractivity contribution in [3.63, 3.8) is 0 Å². The van der Waals surface area contributed by atoms with Crippen molar-refractivity contribution in [2.75, 3.05) is 6.61 Å². The van der Waals surface area contributed by atoms with Crippen molar-refractivity contribution < 1.29 is 36.3 Å². The van der Waals surface area contributed by atoms with Crippen LogP contribution in [0.4, 0.5) is 22.0 Å². The Labute approximate surface area is 299 Å². The van der Waals surface area contributed by atoms with Gasteiger partial charge in [0.05, 0.1) is 23.2 Å². The highest BCUT2D eigenvalue weighted by atomic mass is 35.5. The number of aliphatic imine (C=N–C) groups is 1. The van der Waals surface area contributed by atoms with Crippen molar-refractivity contribution in [2.45, 2.75) is 77.3 Å². The average Bonchev–Trinajstić information content (AvgIpc) is 3.37. The molecule has 1 aliphatic carbocycles. The van der Waals surface area contributed by atoms with Crippen LogP contribution in [-0.4, -0.2) is 70.2 Å². The van der Waals surface area contributed by atoms with Gasteiger partial charge in [-0.25, -0.2) is 36.6 Å². The Bertz CT molecular complexity index is 2020. The number of esters is 1. The molecule has 1 aliphatic heterocycles. The fraction of sp³-hybridized carbons (Fsp3) is 0.455. The molecule has 2 atom stereocenters. The minimum Gasteiger partial charge on any atom is -0.463 e. The molecule has 4 aromatic rings. The summed E-state index contributed by atoms with van der Waals surface area (Å²) in [4.78, 5) is 37.3. The van der Waals surface area contributed by atoms with Gasteiger partial charge in [0, 0.05) is 5.41 Å². The zero-order chi connectivity index (χ0) is 37.8. The number of hydrogen-bond acceptors (Lipinski definition) is 10. The number of nitrogens with two attached hydrogens (primary N) is 1. The number of carbonyl (C=O) groups is 2. The van der Waals surface area contributed by atoms with Gasteiger partial charge in [0.2, 0.25) is 0 Å². The number of halogens is 6. The van der Waals surface area contributed by atoms with Crippen molar-refractivity contribution in [1.82, 2.24) is 39.9 Å². The fourth-order valence-electron chi connectivity index (χ4n) is 6.52. The minimum absolute atomic E-state index is 0.000218. The predicted molar refractivity (Wildman–Crippen MR) is 175 cm³/mol. The lowest BCUT2D eigenvalue weighted by Crippen LogP contribution is -2.47. The molecule has 0 radical (unpaired) electrons. The summed E-state index contributed by atoms with van der Waals surface area (Å²) in [6.45, 7) is 5.69. The molecule has 0 unspecified atom stereocenters. The summed E-state index contributed by atoms with van der Waals surface area (Å²) in [6, 6.07) is 6.87. The second kappa shape index (κ2) is 13.2. The number of hydrogen-bond donors (Lipinski definition) is 1. The van der Waals surface area contributed by atoms with E-state index in [1.165, 1.54) is 36.7 Å². The van der Waals surface area contributed by atoms with Crippen LogP contribution in [0.5, 0.6) is 0 Å². The molecule has 13 nitrogen and oxygen atoms in total. The fourth-order valence-corrected chi connectivity index (χ4v) is 6.72. The number of benzene rings is 2. The van der Waals surface area contributed by atoms with E-state index in [-0.39, 0.29) is 52.7 Å². The summed E-state index contributed by atoms with van der Waals surface area (Å²) in [6.07, 6.45) is -1.21. The SMILES string of the molecule is CC(C)(C)C[C@]1(c2ccc(-n3cnnn3)c(F)c2)N=C(N)N([C@H](COC(=O)CC2(C(C)(F)F)CC2)c2ccc(Cl)c(-n3ncnc3C(F)F)c2)C1=O. The number of tetrazole rings is 1. The lowest BCUT2D eigenvalue weighted by Gasteiger charge is -2.35. The number of alkyl halides is 4. The van der Waals surface area contributed by atoms with E-state index in [0.29, 0.717) is 0 Å². The van der Waals surface area contributed by atoms with E-state index >= 15 is 4.39 Å². The maximum atomic E-state index is 15.6. The molecule has 2 aromatic carbocycles. The van der Waals surface area contributed by atoms with Crippen molar-refractivity contribution >= 4 is 29.4 Å². The molecule has 2 aliphatic rings. The van der Waals surface area contributed by atoms with Crippen LogP contribution >= 0.6 is 11.6 Å². The van der Waals surface area contributed by atoms with Gasteiger partial charge in [-0.15, -0.1) is 5.10 Å². The van der Waals surface area contributed by atoms with Crippen molar-refractivity contribution in [3.05, 3.63) is 76.8 Å². The largest absolute Gasteiger partial charge is 0.463 e. The quantitative estimate of drug-likeness (QED) is 0.138. The average molecular weight is 749 g/mol. The Kier molecular flexibility index (Phi) is 9.34. The number of amides is 1. The van der Waals surface area contributed by atoms with Gasteiger partial charge in [0.1, 0.15) is 30.8 Å². The monoisotopic (exact) mass is 748 g/mol. The van der Waals surface area contributed by atoms with Crippen molar-refractivity contribution in [2.24, 2.45) is 21.6 Å². The van der Waals surface area contributed by atoms with Crippen molar-refractivity contribution in [3.8, 4) is 11.4 Å². The summed E-state index contributed by atoms with van der Waals surface area (Å²) < 4.78 is 79.5. The smallest absolute Gasteiger partial charge is 0.306 e. The molecule has 3 heterocycles. The standard InChI is InChI=1S/C33H34ClF5N10O3/c1-30(2,3)15-33(19-6-8-22(21(35)12-19)47-17-42-45-46-47)28(51)48(29(40)44-33)24(14-52-25(50)13-32(9-10-32)31(4,38)39)18-5-7-20(34)23(11-18)49-27(26(36)37)41-16-43-49/h5-8,11-12,16-17,24,26H,9-10,13-15H2,1-4H3,(H2,40,44)/t24-,33-/m1/s1. The summed E-state index contributed by atoms with van der Waals surface area (Å²) in [5, 5.41) is 14.6. The van der Waals surface area contributed by atoms with E-state index in [1.54, 1.807) is 0 Å². The predicted octanol–water partition coefficient (Wildman–Crippen LogP) is 5.87. The maximum absolute atomic E-state index is 15.6. The minimum atomic E-state index is -3.14. The first-order valence-corrected chi connectivity index (χ1v) is 16.5. The second-order valence-electron chi connectivity index (χ2n) is 14.2. The van der Waals surface area contributed by atoms with E-state index in [2.05, 4.69) is 30.6 Å². The third kappa shape index (κ3) is 6.82. The van der Waals surface area contributed by atoms with Crippen LogP contribution in [-0.2, 0) is 19.9 Å². The maximum Gasteiger partial charge on any atom is 0.306 e. The van der Waals surface area contributed by atoms with Gasteiger partial charge in [-0.1, -0.05) is 44.5 Å². The van der Waals surface area contributed by atoms with Crippen LogP contribution in [0.15, 0.2) is 54.0 Å². The molecule has 6 rings (SSSR count). The molecule has 0 saturated heterocycles. The van der Waals surface area contributed by atoms with Gasteiger partial charge < -0.3 is 10.5 Å². The molecular weight excluding hydrogens is 715 g/mol. The highest BCUT2D eigenvalue weighted by Gasteiger charge is 2.60. The first-order valence-electron chi connectivity index (χ1n) is 16.1. The molecule has 1 amide bonds. The number of rotatable bonds is 12. The van der Waals surface area contributed by atoms with Gasteiger partial charge in [0.25, 0.3) is 18.3 Å². The molecule has 2 aromatic heterocycles. The van der Waals surface area contributed by atoms with Crippen LogP contribution in [0.3, 0.4) is 0 Å².